The number of Topliss-reactive ketones (excluding diaryl/α,β-unsaturated/α-hetero) is 4. The van der Waals surface area contributed by atoms with E-state index in [1.54, 1.807) is 54.9 Å². The van der Waals surface area contributed by atoms with Crippen molar-refractivity contribution in [2.75, 3.05) is 27.9 Å². The molecule has 0 unspecified atom stereocenters. The second-order valence-electron chi connectivity index (χ2n) is 30.0. The van der Waals surface area contributed by atoms with E-state index in [0.717, 1.165) is 12.0 Å². The van der Waals surface area contributed by atoms with Gasteiger partial charge in [0.1, 0.15) is 35.7 Å². The molecule has 2 bridgehead atoms. The largest absolute Gasteiger partial charge is 0.460 e. The molecule has 0 aromatic carbocycles. The molecule has 4 aliphatic heterocycles. The maximum absolute atomic E-state index is 14.4. The van der Waals surface area contributed by atoms with Crippen molar-refractivity contribution in [1.29, 1.82) is 0 Å². The third-order valence-corrected chi connectivity index (χ3v) is 22.5. The minimum absolute atomic E-state index is 0.0193. The number of ketones is 4. The Morgan fingerprint density at radius 1 is 0.830 bits per heavy atom. The fourth-order valence-electron chi connectivity index (χ4n) is 16.8. The van der Waals surface area contributed by atoms with Gasteiger partial charge in [-0.05, 0) is 139 Å². The summed E-state index contributed by atoms with van der Waals surface area (Å²) in [6.07, 6.45) is 9.89. The maximum Gasteiger partial charge on any atom is 0.329 e. The summed E-state index contributed by atoms with van der Waals surface area (Å²) >= 11 is 0. The second kappa shape index (κ2) is 31.9. The Hall–Kier alpha value is -4.65. The highest BCUT2D eigenvalue weighted by Crippen LogP contribution is 2.67. The number of esters is 2. The first-order valence-corrected chi connectivity index (χ1v) is 34.2. The molecule has 7 aliphatic rings. The molecule has 7 rings (SSSR count). The molecule has 3 aliphatic carbocycles. The van der Waals surface area contributed by atoms with Crippen molar-refractivity contribution in [1.82, 2.24) is 4.90 Å². The van der Waals surface area contributed by atoms with Gasteiger partial charge < -0.3 is 68.7 Å². The van der Waals surface area contributed by atoms with E-state index in [1.807, 2.05) is 71.9 Å². The third kappa shape index (κ3) is 16.4. The normalized spacial score (nSPS) is 43.0. The fourth-order valence-corrected chi connectivity index (χ4v) is 16.8. The summed E-state index contributed by atoms with van der Waals surface area (Å²) in [6, 6.07) is -1.14. The Labute approximate surface area is 557 Å². The number of methoxy groups -OCH3 is 3. The molecule has 4 heterocycles. The highest BCUT2D eigenvalue weighted by molar-refractivity contribution is 6.39. The van der Waals surface area contributed by atoms with Crippen LogP contribution in [-0.4, -0.2) is 194 Å². The van der Waals surface area contributed by atoms with Crippen LogP contribution in [0.1, 0.15) is 186 Å². The molecule has 0 aromatic rings. The van der Waals surface area contributed by atoms with Gasteiger partial charge in [0.05, 0.1) is 42.2 Å². The van der Waals surface area contributed by atoms with E-state index in [0.29, 0.717) is 76.2 Å². The van der Waals surface area contributed by atoms with E-state index in [4.69, 9.17) is 33.2 Å². The first-order valence-electron chi connectivity index (χ1n) is 34.2. The fraction of sp³-hybridized carbons (Fsp3) is 0.767. The first kappa shape index (κ1) is 78.3. The monoisotopic (exact) mass is 1320 g/mol. The van der Waals surface area contributed by atoms with E-state index >= 15 is 0 Å². The van der Waals surface area contributed by atoms with Crippen molar-refractivity contribution < 1.29 is 97.4 Å². The van der Waals surface area contributed by atoms with Crippen molar-refractivity contribution in [2.45, 2.75) is 276 Å². The van der Waals surface area contributed by atoms with Gasteiger partial charge in [0.25, 0.3) is 11.7 Å². The molecule has 21 nitrogen and oxygen atoms in total. The molecular formula is C73H113NO20. The van der Waals surface area contributed by atoms with Crippen LogP contribution in [0, 0.1) is 52.3 Å². The van der Waals surface area contributed by atoms with Gasteiger partial charge in [0.2, 0.25) is 5.79 Å². The van der Waals surface area contributed by atoms with E-state index in [2.05, 4.69) is 6.58 Å². The Kier molecular flexibility index (Phi) is 26.6. The van der Waals surface area contributed by atoms with Crippen LogP contribution in [0.15, 0.2) is 60.3 Å². The number of aliphatic hydroxyl groups excluding tert-OH is 4. The molecule has 0 radical (unpaired) electrons. The summed E-state index contributed by atoms with van der Waals surface area (Å²) in [4.78, 5) is 97.3. The Bertz CT molecular complexity index is 2850. The van der Waals surface area contributed by atoms with Crippen molar-refractivity contribution in [2.24, 2.45) is 52.3 Å². The number of cyclic esters (lactones) is 1. The molecule has 0 aromatic heterocycles. The minimum Gasteiger partial charge on any atom is -0.460 e. The van der Waals surface area contributed by atoms with Crippen LogP contribution in [-0.2, 0) is 66.7 Å². The average molecular weight is 1320 g/mol. The smallest absolute Gasteiger partial charge is 0.329 e. The SMILES string of the molecule is C=C[C@@]1(C)CC(=O)[C@]2(O)[C@@]3(C)[C@@H](O)CCC(C)(C)[C@@H]3[C@H](O)[C@H](OC(C)=O)[C@@]2(C)O1.CO[C@H]1C[C@@H]2CC[C@@H](C)[C@@](O)(O2)C(=O)C(=O)N2CCCC[C@H]2C(=O)O[C@H]([C@H](C)C[C@@H]2CC[C@@H](O)[C@H](OC)C2)CC(=O)[C@H](C)/C=C(\C)[C@@H](O)[C@@H](OC)C(=O)[C@H](C)C[C@H](C)/C=C/C=CC=C1C. The standard InChI is InChI=1S/C51H79NO13.C22H34O7/c1-30-16-12-11-13-17-31(2)42(61-8)28-38-21-19-36(7)51(60,65-38)48(57)49(58)52-23-15-14-18-39(52)50(59)64-43(33(4)26-37-20-22-40(53)44(27-37)62-9)29-41(54)32(3)25-35(6)46(56)47(63-10)45(55)34(5)24-30;1-8-19(5)11-14(25)22(27)20(6)13(24)9-10-18(3,4)16(20)15(26)17(28-12(2)23)21(22,7)29-19/h11-13,16-17,25,30,32-34,36-40,42-44,46-47,53,56,60H,14-15,18-24,26-29H2,1-10H3;8,13,15-17,24,26-27H,1,9-11H2,2-7H3/b13-11?,16-12+,31-17?,35-25+;/t30-,32-,33-,34-,36-,37+,38+,39+,40-,42+,43+,44-,46-,47+,51-;13-,15-,16-,17-,19-,20-,21+,22-/m10/s1. The summed E-state index contributed by atoms with van der Waals surface area (Å²) in [6.45, 7) is 26.4. The molecule has 21 heteroatoms. The Morgan fingerprint density at radius 2 is 1.51 bits per heavy atom. The summed E-state index contributed by atoms with van der Waals surface area (Å²) in [5, 5.41) is 68.5. The van der Waals surface area contributed by atoms with Gasteiger partial charge in [0, 0.05) is 83.1 Å². The van der Waals surface area contributed by atoms with Crippen molar-refractivity contribution >= 4 is 41.0 Å². The van der Waals surface area contributed by atoms with Crippen molar-refractivity contribution in [3.63, 3.8) is 0 Å². The molecule has 23 atom stereocenters. The van der Waals surface area contributed by atoms with Gasteiger partial charge in [-0.1, -0.05) is 97.9 Å². The van der Waals surface area contributed by atoms with Crippen molar-refractivity contribution in [3.8, 4) is 0 Å². The van der Waals surface area contributed by atoms with Crippen LogP contribution in [0.4, 0.5) is 0 Å². The molecule has 6 fully saturated rings. The molecule has 1 amide bonds. The van der Waals surface area contributed by atoms with Gasteiger partial charge >= 0.3 is 11.9 Å². The number of amides is 1. The van der Waals surface area contributed by atoms with Crippen LogP contribution in [0.5, 0.6) is 0 Å². The Morgan fingerprint density at radius 3 is 2.14 bits per heavy atom. The highest BCUT2D eigenvalue weighted by atomic mass is 16.6. The zero-order chi connectivity index (χ0) is 70.4. The summed E-state index contributed by atoms with van der Waals surface area (Å²) < 4.78 is 41.1. The number of rotatable bonds is 8. The average Bonchev–Trinajstić information content (AvgIpc) is 0.662. The van der Waals surface area contributed by atoms with Crippen LogP contribution in [0.3, 0.4) is 0 Å². The Balaban J connectivity index is 0.000000399. The first-order chi connectivity index (χ1) is 43.9. The second-order valence-corrected chi connectivity index (χ2v) is 30.0. The van der Waals surface area contributed by atoms with Gasteiger partial charge in [-0.2, -0.15) is 0 Å². The number of carbonyl (C=O) groups is 7. The number of fused-ring (bicyclic) bond motifs is 6. The number of nitrogens with zero attached hydrogens (tertiary/aromatic N) is 1. The molecule has 6 N–H and O–H groups in total. The minimum atomic E-state index is -2.43. The van der Waals surface area contributed by atoms with Crippen LogP contribution in [0.2, 0.25) is 0 Å². The predicted molar refractivity (Wildman–Crippen MR) is 350 cm³/mol. The summed E-state index contributed by atoms with van der Waals surface area (Å²) in [7, 11) is 4.52. The van der Waals surface area contributed by atoms with E-state index in [1.165, 1.54) is 31.9 Å². The van der Waals surface area contributed by atoms with Crippen LogP contribution in [0.25, 0.3) is 0 Å². The van der Waals surface area contributed by atoms with Gasteiger partial charge in [-0.15, -0.1) is 6.58 Å². The zero-order valence-corrected chi connectivity index (χ0v) is 58.8. The summed E-state index contributed by atoms with van der Waals surface area (Å²) in [5.74, 6) is -9.83. The zero-order valence-electron chi connectivity index (χ0n) is 58.8. The van der Waals surface area contributed by atoms with Gasteiger partial charge in [0.15, 0.2) is 23.3 Å². The van der Waals surface area contributed by atoms with E-state index in [-0.39, 0.29) is 61.2 Å². The molecule has 3 saturated heterocycles. The molecule has 0 spiro atoms. The molecular weight excluding hydrogens is 1210 g/mol. The quantitative estimate of drug-likeness (QED) is 0.0770. The van der Waals surface area contributed by atoms with Crippen molar-refractivity contribution in [3.05, 3.63) is 60.3 Å². The summed E-state index contributed by atoms with van der Waals surface area (Å²) in [5.41, 5.74) is -5.74. The number of ether oxygens (including phenoxy) is 7. The number of hydrogen-bond acceptors (Lipinski definition) is 20. The van der Waals surface area contributed by atoms with Gasteiger partial charge in [-0.25, -0.2) is 4.79 Å². The number of piperidine rings is 1. The lowest BCUT2D eigenvalue weighted by Crippen LogP contribution is -2.86. The van der Waals surface area contributed by atoms with Crippen LogP contribution < -0.4 is 0 Å². The van der Waals surface area contributed by atoms with E-state index < -0.39 is 147 Å². The maximum atomic E-state index is 14.4. The lowest BCUT2D eigenvalue weighted by atomic mass is 9.40. The lowest BCUT2D eigenvalue weighted by Gasteiger charge is -2.71. The van der Waals surface area contributed by atoms with E-state index in [9.17, 15) is 64.2 Å². The number of aliphatic hydroxyl groups is 6. The lowest BCUT2D eigenvalue weighted by molar-refractivity contribution is -0.370. The highest BCUT2D eigenvalue weighted by Gasteiger charge is 2.81. The topological polar surface area (TPSA) is 309 Å². The van der Waals surface area contributed by atoms with Gasteiger partial charge in [-0.3, -0.25) is 28.8 Å². The number of carbonyl (C=O) groups excluding carboxylic acids is 7. The number of allylic oxidation sites excluding steroid dienone is 6. The third-order valence-electron chi connectivity index (χ3n) is 22.5. The predicted octanol–water partition coefficient (Wildman–Crippen LogP) is 7.70. The van der Waals surface area contributed by atoms with Crippen LogP contribution >= 0.6 is 0 Å². The number of hydrogen-bond donors (Lipinski definition) is 6. The molecule has 3 saturated carbocycles. The molecule has 530 valence electrons. The molecule has 94 heavy (non-hydrogen) atoms.